The smallest absolute Gasteiger partial charge is 0.349 e. The Labute approximate surface area is 155 Å². The van der Waals surface area contributed by atoms with Gasteiger partial charge in [-0.3, -0.25) is 4.79 Å². The van der Waals surface area contributed by atoms with Gasteiger partial charge in [-0.25, -0.2) is 13.6 Å². The summed E-state index contributed by atoms with van der Waals surface area (Å²) >= 11 is 1.35. The Bertz CT molecular complexity index is 784. The van der Waals surface area contributed by atoms with Gasteiger partial charge in [0.15, 0.2) is 6.10 Å². The monoisotopic (exact) mass is 381 g/mol. The van der Waals surface area contributed by atoms with E-state index in [1.165, 1.54) is 24.3 Å². The summed E-state index contributed by atoms with van der Waals surface area (Å²) in [7, 11) is 0. The normalized spacial score (nSPS) is 11.9. The molecule has 0 unspecified atom stereocenters. The molecule has 0 aliphatic rings. The quantitative estimate of drug-likeness (QED) is 0.706. The van der Waals surface area contributed by atoms with Crippen LogP contribution in [0.2, 0.25) is 0 Å². The molecule has 0 spiro atoms. The number of carbonyl (C=O) groups excluding carboxylic acids is 2. The number of aryl methyl sites for hydroxylation is 2. The van der Waals surface area contributed by atoms with Gasteiger partial charge in [0, 0.05) is 4.88 Å². The van der Waals surface area contributed by atoms with E-state index in [1.54, 1.807) is 6.07 Å². The van der Waals surface area contributed by atoms with Gasteiger partial charge in [-0.05, 0) is 43.5 Å². The molecule has 4 nitrogen and oxygen atoms in total. The van der Waals surface area contributed by atoms with Gasteiger partial charge in [0.1, 0.15) is 22.2 Å². The predicted molar refractivity (Wildman–Crippen MR) is 97.6 cm³/mol. The molecule has 0 radical (unpaired) electrons. The summed E-state index contributed by atoms with van der Waals surface area (Å²) in [5.74, 6) is -3.22. The highest BCUT2D eigenvalue weighted by atomic mass is 32.1. The number of benzene rings is 1. The predicted octanol–water partition coefficient (Wildman–Crippen LogP) is 4.73. The second-order valence-corrected chi connectivity index (χ2v) is 6.93. The average Bonchev–Trinajstić information content (AvgIpc) is 3.01. The summed E-state index contributed by atoms with van der Waals surface area (Å²) in [4.78, 5) is 25.9. The van der Waals surface area contributed by atoms with Gasteiger partial charge in [-0.1, -0.05) is 26.3 Å². The molecular weight excluding hydrogens is 360 g/mol. The van der Waals surface area contributed by atoms with Crippen LogP contribution in [0, 0.1) is 11.6 Å². The lowest BCUT2D eigenvalue weighted by molar-refractivity contribution is -0.123. The van der Waals surface area contributed by atoms with E-state index in [-0.39, 0.29) is 0 Å². The van der Waals surface area contributed by atoms with E-state index in [0.29, 0.717) is 4.88 Å². The van der Waals surface area contributed by atoms with Crippen LogP contribution in [-0.2, 0) is 22.4 Å². The van der Waals surface area contributed by atoms with Gasteiger partial charge in [-0.2, -0.15) is 0 Å². The lowest BCUT2D eigenvalue weighted by Crippen LogP contribution is -2.30. The first-order valence-corrected chi connectivity index (χ1v) is 9.26. The number of para-hydroxylation sites is 1. The molecule has 7 heteroatoms. The molecule has 26 heavy (non-hydrogen) atoms. The van der Waals surface area contributed by atoms with Crippen LogP contribution in [0.5, 0.6) is 0 Å². The Balaban J connectivity index is 2.05. The number of hydrogen-bond acceptors (Lipinski definition) is 4. The molecule has 0 bridgehead atoms. The molecule has 1 atom stereocenters. The summed E-state index contributed by atoms with van der Waals surface area (Å²) in [5.41, 5.74) is 0.532. The van der Waals surface area contributed by atoms with E-state index in [9.17, 15) is 18.4 Å². The van der Waals surface area contributed by atoms with Crippen molar-refractivity contribution in [2.45, 2.75) is 46.1 Å². The highest BCUT2D eigenvalue weighted by Crippen LogP contribution is 2.26. The number of rotatable bonds is 7. The van der Waals surface area contributed by atoms with Crippen LogP contribution in [0.15, 0.2) is 24.3 Å². The maximum Gasteiger partial charge on any atom is 0.349 e. The highest BCUT2D eigenvalue weighted by Gasteiger charge is 2.23. The van der Waals surface area contributed by atoms with E-state index in [4.69, 9.17) is 4.74 Å². The zero-order chi connectivity index (χ0) is 19.3. The highest BCUT2D eigenvalue weighted by molar-refractivity contribution is 7.14. The van der Waals surface area contributed by atoms with E-state index in [2.05, 4.69) is 12.2 Å². The van der Waals surface area contributed by atoms with Crippen molar-refractivity contribution in [3.63, 3.8) is 0 Å². The number of ether oxygens (including phenoxy) is 1. The van der Waals surface area contributed by atoms with Gasteiger partial charge < -0.3 is 10.1 Å². The number of amides is 1. The fourth-order valence-electron chi connectivity index (χ4n) is 2.42. The second kappa shape index (κ2) is 8.89. The van der Waals surface area contributed by atoms with Crippen molar-refractivity contribution in [1.29, 1.82) is 0 Å². The SMILES string of the molecule is CCCc1sc(C(=O)O[C@@H](C)C(=O)Nc2c(F)cccc2F)cc1CC. The Morgan fingerprint density at radius 1 is 1.23 bits per heavy atom. The molecule has 1 N–H and O–H groups in total. The van der Waals surface area contributed by atoms with Crippen molar-refractivity contribution < 1.29 is 23.1 Å². The van der Waals surface area contributed by atoms with E-state index in [0.717, 1.165) is 41.8 Å². The number of carbonyl (C=O) groups is 2. The fourth-order valence-corrected chi connectivity index (χ4v) is 3.66. The van der Waals surface area contributed by atoms with Crippen LogP contribution in [0.25, 0.3) is 0 Å². The topological polar surface area (TPSA) is 55.4 Å². The van der Waals surface area contributed by atoms with Crippen LogP contribution in [-0.4, -0.2) is 18.0 Å². The molecule has 2 rings (SSSR count). The lowest BCUT2D eigenvalue weighted by Gasteiger charge is -2.13. The number of anilines is 1. The summed E-state index contributed by atoms with van der Waals surface area (Å²) in [6.45, 7) is 5.42. The van der Waals surface area contributed by atoms with Crippen molar-refractivity contribution >= 4 is 28.9 Å². The van der Waals surface area contributed by atoms with Crippen LogP contribution < -0.4 is 5.32 Å². The number of hydrogen-bond donors (Lipinski definition) is 1. The van der Waals surface area contributed by atoms with Crippen molar-refractivity contribution in [2.24, 2.45) is 0 Å². The molecule has 0 saturated carbocycles. The van der Waals surface area contributed by atoms with Gasteiger partial charge in [-0.15, -0.1) is 11.3 Å². The number of thiophene rings is 1. The average molecular weight is 381 g/mol. The molecule has 2 aromatic rings. The number of nitrogens with one attached hydrogen (secondary N) is 1. The third-order valence-electron chi connectivity index (χ3n) is 3.82. The van der Waals surface area contributed by atoms with Crippen LogP contribution in [0.1, 0.15) is 47.3 Å². The first-order chi connectivity index (χ1) is 12.4. The Morgan fingerprint density at radius 2 is 1.88 bits per heavy atom. The van der Waals surface area contributed by atoms with Crippen molar-refractivity contribution in [3.8, 4) is 0 Å². The van der Waals surface area contributed by atoms with Gasteiger partial charge in [0.05, 0.1) is 0 Å². The Hall–Kier alpha value is -2.28. The van der Waals surface area contributed by atoms with Gasteiger partial charge in [0.25, 0.3) is 5.91 Å². The van der Waals surface area contributed by atoms with Gasteiger partial charge >= 0.3 is 5.97 Å². The third kappa shape index (κ3) is 4.66. The molecule has 0 aliphatic carbocycles. The lowest BCUT2D eigenvalue weighted by atomic mass is 10.1. The molecule has 1 heterocycles. The van der Waals surface area contributed by atoms with Crippen LogP contribution >= 0.6 is 11.3 Å². The van der Waals surface area contributed by atoms with E-state index >= 15 is 0 Å². The standard InChI is InChI=1S/C19H21F2NO3S/c1-4-7-15-12(5-2)10-16(26-15)19(24)25-11(3)18(23)22-17-13(20)8-6-9-14(17)21/h6,8-11H,4-5,7H2,1-3H3,(H,22,23)/t11-/m0/s1. The molecule has 140 valence electrons. The minimum absolute atomic E-state index is 0.419. The maximum absolute atomic E-state index is 13.6. The van der Waals surface area contributed by atoms with Crippen LogP contribution in [0.4, 0.5) is 14.5 Å². The third-order valence-corrected chi connectivity index (χ3v) is 5.04. The van der Waals surface area contributed by atoms with Crippen LogP contribution in [0.3, 0.4) is 0 Å². The zero-order valence-electron chi connectivity index (χ0n) is 14.9. The first kappa shape index (κ1) is 20.0. The van der Waals surface area contributed by atoms with Crippen molar-refractivity contribution in [2.75, 3.05) is 5.32 Å². The van der Waals surface area contributed by atoms with Gasteiger partial charge in [0.2, 0.25) is 0 Å². The molecule has 0 saturated heterocycles. The summed E-state index contributed by atoms with van der Waals surface area (Å²) in [5, 5.41) is 2.12. The van der Waals surface area contributed by atoms with E-state index < -0.39 is 35.3 Å². The Kier molecular flexibility index (Phi) is 6.85. The molecular formula is C19H21F2NO3S. The van der Waals surface area contributed by atoms with Crippen molar-refractivity contribution in [3.05, 3.63) is 51.2 Å². The van der Waals surface area contributed by atoms with Crippen molar-refractivity contribution in [1.82, 2.24) is 0 Å². The maximum atomic E-state index is 13.6. The molecule has 1 aromatic carbocycles. The second-order valence-electron chi connectivity index (χ2n) is 5.80. The first-order valence-electron chi connectivity index (χ1n) is 8.44. The Morgan fingerprint density at radius 3 is 2.46 bits per heavy atom. The molecule has 0 aliphatic heterocycles. The minimum Gasteiger partial charge on any atom is -0.448 e. The number of esters is 1. The minimum atomic E-state index is -1.19. The molecule has 0 fully saturated rings. The van der Waals surface area contributed by atoms with E-state index in [1.807, 2.05) is 6.92 Å². The molecule has 1 aromatic heterocycles. The number of halogens is 2. The summed E-state index contributed by atoms with van der Waals surface area (Å²) in [6, 6.07) is 5.03. The summed E-state index contributed by atoms with van der Waals surface area (Å²) in [6.07, 6.45) is 1.46. The zero-order valence-corrected chi connectivity index (χ0v) is 15.7. The largest absolute Gasteiger partial charge is 0.448 e. The fraction of sp³-hybridized carbons (Fsp3) is 0.368. The summed E-state index contributed by atoms with van der Waals surface area (Å²) < 4.78 is 32.4. The molecule has 1 amide bonds.